The van der Waals surface area contributed by atoms with Gasteiger partial charge in [0.05, 0.1) is 0 Å². The lowest BCUT2D eigenvalue weighted by Crippen LogP contribution is -2.30. The van der Waals surface area contributed by atoms with E-state index in [2.05, 4.69) is 15.9 Å². The quantitative estimate of drug-likeness (QED) is 0.894. The molecule has 1 saturated carbocycles. The van der Waals surface area contributed by atoms with Gasteiger partial charge in [-0.25, -0.2) is 0 Å². The van der Waals surface area contributed by atoms with E-state index in [4.69, 9.17) is 0 Å². The Morgan fingerprint density at radius 1 is 1.18 bits per heavy atom. The molecule has 1 aromatic carbocycles. The second-order valence-electron chi connectivity index (χ2n) is 5.17. The molecule has 0 aromatic heterocycles. The van der Waals surface area contributed by atoms with Crippen molar-refractivity contribution in [3.8, 4) is 5.75 Å². The third kappa shape index (κ3) is 3.02. The van der Waals surface area contributed by atoms with Crippen LogP contribution in [0.4, 0.5) is 0 Å². The first-order valence-corrected chi connectivity index (χ1v) is 7.03. The Morgan fingerprint density at radius 2 is 1.88 bits per heavy atom. The van der Waals surface area contributed by atoms with Gasteiger partial charge in [0.25, 0.3) is 0 Å². The van der Waals surface area contributed by atoms with Crippen molar-refractivity contribution in [3.63, 3.8) is 0 Å². The first-order chi connectivity index (χ1) is 8.15. The number of phenols is 1. The number of rotatable bonds is 3. The summed E-state index contributed by atoms with van der Waals surface area (Å²) in [6, 6.07) is 5.62. The molecule has 3 heteroatoms. The van der Waals surface area contributed by atoms with Gasteiger partial charge in [0.2, 0.25) is 0 Å². The van der Waals surface area contributed by atoms with Gasteiger partial charge in [-0.3, -0.25) is 0 Å². The van der Waals surface area contributed by atoms with E-state index in [9.17, 15) is 10.2 Å². The van der Waals surface area contributed by atoms with Gasteiger partial charge in [-0.15, -0.1) is 0 Å². The fraction of sp³-hybridized carbons (Fsp3) is 0.571. The van der Waals surface area contributed by atoms with Gasteiger partial charge in [0.15, 0.2) is 0 Å². The highest BCUT2D eigenvalue weighted by molar-refractivity contribution is 9.10. The minimum atomic E-state index is -0.0104. The molecule has 0 unspecified atom stereocenters. The number of benzene rings is 1. The highest BCUT2D eigenvalue weighted by Crippen LogP contribution is 2.40. The van der Waals surface area contributed by atoms with Crippen LogP contribution in [0.25, 0.3) is 0 Å². The first kappa shape index (κ1) is 12.9. The van der Waals surface area contributed by atoms with Gasteiger partial charge in [0.1, 0.15) is 5.75 Å². The predicted octanol–water partition coefficient (Wildman–Crippen LogP) is 3.64. The molecule has 2 nitrogen and oxygen atoms in total. The van der Waals surface area contributed by atoms with Crippen LogP contribution in [-0.4, -0.2) is 16.8 Å². The topological polar surface area (TPSA) is 40.5 Å². The van der Waals surface area contributed by atoms with Crippen molar-refractivity contribution in [2.24, 2.45) is 5.41 Å². The fourth-order valence-electron chi connectivity index (χ4n) is 2.78. The van der Waals surface area contributed by atoms with E-state index in [0.717, 1.165) is 29.3 Å². The van der Waals surface area contributed by atoms with Crippen molar-refractivity contribution in [2.45, 2.75) is 38.5 Å². The minimum absolute atomic E-state index is 0.0104. The summed E-state index contributed by atoms with van der Waals surface area (Å²) < 4.78 is 0.889. The molecule has 17 heavy (non-hydrogen) atoms. The second-order valence-corrected chi connectivity index (χ2v) is 6.08. The van der Waals surface area contributed by atoms with Gasteiger partial charge < -0.3 is 10.2 Å². The number of phenolic OH excluding ortho intramolecular Hbond substituents is 1. The molecule has 0 saturated heterocycles. The smallest absolute Gasteiger partial charge is 0.119 e. The highest BCUT2D eigenvalue weighted by Gasteiger charge is 2.32. The Morgan fingerprint density at radius 3 is 2.47 bits per heavy atom. The average molecular weight is 299 g/mol. The van der Waals surface area contributed by atoms with Crippen molar-refractivity contribution in [2.75, 3.05) is 6.61 Å². The number of aliphatic hydroxyl groups excluding tert-OH is 1. The zero-order valence-corrected chi connectivity index (χ0v) is 11.5. The maximum atomic E-state index is 9.92. The molecule has 1 aliphatic carbocycles. The van der Waals surface area contributed by atoms with Gasteiger partial charge >= 0.3 is 0 Å². The van der Waals surface area contributed by atoms with Crippen molar-refractivity contribution in [1.29, 1.82) is 0 Å². The minimum Gasteiger partial charge on any atom is -0.508 e. The molecule has 0 spiro atoms. The molecule has 0 atom stereocenters. The predicted molar refractivity (Wildman–Crippen MR) is 72.1 cm³/mol. The Hall–Kier alpha value is -0.540. The molecule has 0 radical (unpaired) electrons. The van der Waals surface area contributed by atoms with Crippen LogP contribution < -0.4 is 0 Å². The SMILES string of the molecule is OCC1(Cc2ccc(Br)cc2O)CCCCC1. The summed E-state index contributed by atoms with van der Waals surface area (Å²) >= 11 is 3.34. The van der Waals surface area contributed by atoms with Crippen molar-refractivity contribution < 1.29 is 10.2 Å². The standard InChI is InChI=1S/C14H19BrO2/c15-12-5-4-11(13(17)8-12)9-14(10-16)6-2-1-3-7-14/h4-5,8,16-17H,1-3,6-7,9-10H2. The van der Waals surface area contributed by atoms with E-state index in [-0.39, 0.29) is 12.0 Å². The van der Waals surface area contributed by atoms with Gasteiger partial charge in [0, 0.05) is 11.1 Å². The molecule has 2 rings (SSSR count). The highest BCUT2D eigenvalue weighted by atomic mass is 79.9. The third-order valence-electron chi connectivity index (χ3n) is 3.86. The van der Waals surface area contributed by atoms with E-state index >= 15 is 0 Å². The summed E-state index contributed by atoms with van der Waals surface area (Å²) in [7, 11) is 0. The average Bonchev–Trinajstić information content (AvgIpc) is 2.34. The zero-order chi connectivity index (χ0) is 12.3. The van der Waals surface area contributed by atoms with Gasteiger partial charge in [-0.2, -0.15) is 0 Å². The van der Waals surface area contributed by atoms with Crippen LogP contribution in [0.1, 0.15) is 37.7 Å². The lowest BCUT2D eigenvalue weighted by molar-refractivity contribution is 0.0818. The summed E-state index contributed by atoms with van der Waals surface area (Å²) in [6.45, 7) is 0.225. The first-order valence-electron chi connectivity index (χ1n) is 6.23. The van der Waals surface area contributed by atoms with Crippen molar-refractivity contribution in [3.05, 3.63) is 28.2 Å². The van der Waals surface area contributed by atoms with Crippen LogP contribution in [0.15, 0.2) is 22.7 Å². The Balaban J connectivity index is 2.17. The number of hydrogen-bond acceptors (Lipinski definition) is 2. The summed E-state index contributed by atoms with van der Waals surface area (Å²) in [5.41, 5.74) is 0.938. The Kier molecular flexibility index (Phi) is 4.10. The van der Waals surface area contributed by atoms with E-state index in [1.165, 1.54) is 19.3 Å². The summed E-state index contributed by atoms with van der Waals surface area (Å²) in [4.78, 5) is 0. The number of aliphatic hydroxyl groups is 1. The maximum absolute atomic E-state index is 9.92. The molecule has 0 amide bonds. The normalized spacial score (nSPS) is 19.2. The number of hydrogen-bond donors (Lipinski definition) is 2. The summed E-state index contributed by atoms with van der Waals surface area (Å²) in [5.74, 6) is 0.331. The van der Waals surface area contributed by atoms with E-state index in [1.54, 1.807) is 6.07 Å². The number of halogens is 1. The van der Waals surface area contributed by atoms with Crippen molar-refractivity contribution in [1.82, 2.24) is 0 Å². The van der Waals surface area contributed by atoms with Crippen LogP contribution in [0, 0.1) is 5.41 Å². The molecule has 0 heterocycles. The number of aromatic hydroxyl groups is 1. The second kappa shape index (κ2) is 5.40. The fourth-order valence-corrected chi connectivity index (χ4v) is 3.13. The monoisotopic (exact) mass is 298 g/mol. The third-order valence-corrected chi connectivity index (χ3v) is 4.36. The van der Waals surface area contributed by atoms with Crippen LogP contribution in [-0.2, 0) is 6.42 Å². The van der Waals surface area contributed by atoms with E-state index in [0.29, 0.717) is 5.75 Å². The Labute approximate surface area is 111 Å². The van der Waals surface area contributed by atoms with E-state index in [1.807, 2.05) is 12.1 Å². The van der Waals surface area contributed by atoms with Crippen LogP contribution in [0.3, 0.4) is 0 Å². The molecule has 1 aromatic rings. The molecular weight excluding hydrogens is 280 g/mol. The van der Waals surface area contributed by atoms with Crippen LogP contribution in [0.2, 0.25) is 0 Å². The maximum Gasteiger partial charge on any atom is 0.119 e. The van der Waals surface area contributed by atoms with Crippen molar-refractivity contribution >= 4 is 15.9 Å². The molecule has 0 aliphatic heterocycles. The lowest BCUT2D eigenvalue weighted by Gasteiger charge is -2.36. The Bertz CT molecular complexity index is 384. The molecule has 94 valence electrons. The molecule has 1 aliphatic rings. The van der Waals surface area contributed by atoms with Gasteiger partial charge in [-0.1, -0.05) is 41.3 Å². The summed E-state index contributed by atoms with van der Waals surface area (Å²) in [6.07, 6.45) is 6.57. The van der Waals surface area contributed by atoms with Crippen LogP contribution in [0.5, 0.6) is 5.75 Å². The molecule has 1 fully saturated rings. The van der Waals surface area contributed by atoms with E-state index < -0.39 is 0 Å². The largest absolute Gasteiger partial charge is 0.508 e. The lowest BCUT2D eigenvalue weighted by atomic mass is 9.71. The zero-order valence-electron chi connectivity index (χ0n) is 9.95. The summed E-state index contributed by atoms with van der Waals surface area (Å²) in [5, 5.41) is 19.6. The van der Waals surface area contributed by atoms with Crippen LogP contribution >= 0.6 is 15.9 Å². The molecular formula is C14H19BrO2. The van der Waals surface area contributed by atoms with Gasteiger partial charge in [-0.05, 0) is 42.4 Å². The molecule has 0 bridgehead atoms. The molecule has 2 N–H and O–H groups in total.